The number of hydrogen-bond acceptors (Lipinski definition) is 1. The fraction of sp³-hybridized carbons (Fsp3) is 0.727. The van der Waals surface area contributed by atoms with Gasteiger partial charge in [0.25, 0.3) is 0 Å². The van der Waals surface area contributed by atoms with Gasteiger partial charge in [0.1, 0.15) is 0 Å². The molecule has 0 aromatic carbocycles. The average Bonchev–Trinajstić information content (AvgIpc) is 2.10. The SMILES string of the molecule is C=C(N=CCC)C(CC)CCC. The van der Waals surface area contributed by atoms with Gasteiger partial charge >= 0.3 is 0 Å². The third-order valence-corrected chi connectivity index (χ3v) is 2.04. The summed E-state index contributed by atoms with van der Waals surface area (Å²) >= 11 is 0. The Labute approximate surface area is 76.6 Å². The van der Waals surface area contributed by atoms with E-state index < -0.39 is 0 Å². The zero-order chi connectivity index (χ0) is 9.40. The standard InChI is InChI=1S/C11H21N/c1-5-8-11(7-3)10(4)12-9-6-2/h9,11H,4-8H2,1-3H3. The summed E-state index contributed by atoms with van der Waals surface area (Å²) < 4.78 is 0. The molecule has 0 saturated carbocycles. The summed E-state index contributed by atoms with van der Waals surface area (Å²) in [6.07, 6.45) is 6.55. The first-order chi connectivity index (χ1) is 5.76. The van der Waals surface area contributed by atoms with Crippen molar-refractivity contribution in [2.24, 2.45) is 10.9 Å². The minimum atomic E-state index is 0.595. The van der Waals surface area contributed by atoms with Crippen LogP contribution in [0.4, 0.5) is 0 Å². The van der Waals surface area contributed by atoms with Gasteiger partial charge < -0.3 is 0 Å². The van der Waals surface area contributed by atoms with Gasteiger partial charge in [-0.1, -0.05) is 33.8 Å². The lowest BCUT2D eigenvalue weighted by atomic mass is 9.98. The molecule has 1 heteroatoms. The van der Waals surface area contributed by atoms with E-state index in [1.54, 1.807) is 0 Å². The maximum Gasteiger partial charge on any atom is 0.0358 e. The monoisotopic (exact) mass is 167 g/mol. The van der Waals surface area contributed by atoms with E-state index in [0.717, 1.165) is 18.5 Å². The van der Waals surface area contributed by atoms with Crippen LogP contribution >= 0.6 is 0 Å². The van der Waals surface area contributed by atoms with Crippen LogP contribution in [0.2, 0.25) is 0 Å². The molecule has 12 heavy (non-hydrogen) atoms. The molecular formula is C11H21N. The second kappa shape index (κ2) is 7.08. The number of aliphatic imine (C=N–C) groups is 1. The summed E-state index contributed by atoms with van der Waals surface area (Å²) in [5.74, 6) is 0.595. The van der Waals surface area contributed by atoms with Crippen LogP contribution in [0.3, 0.4) is 0 Å². The molecule has 0 aliphatic carbocycles. The maximum atomic E-state index is 4.31. The summed E-state index contributed by atoms with van der Waals surface area (Å²) in [6.45, 7) is 10.5. The first-order valence-corrected chi connectivity index (χ1v) is 4.97. The van der Waals surface area contributed by atoms with Crippen molar-refractivity contribution >= 4 is 6.21 Å². The molecule has 0 aromatic heterocycles. The minimum Gasteiger partial charge on any atom is -0.266 e. The fourth-order valence-electron chi connectivity index (χ4n) is 1.27. The first-order valence-electron chi connectivity index (χ1n) is 4.97. The van der Waals surface area contributed by atoms with Crippen molar-refractivity contribution in [2.75, 3.05) is 0 Å². The van der Waals surface area contributed by atoms with Gasteiger partial charge in [0.05, 0.1) is 0 Å². The highest BCUT2D eigenvalue weighted by Crippen LogP contribution is 2.19. The highest BCUT2D eigenvalue weighted by Gasteiger charge is 2.06. The predicted octanol–water partition coefficient (Wildman–Crippen LogP) is 3.81. The van der Waals surface area contributed by atoms with E-state index in [4.69, 9.17) is 0 Å². The predicted molar refractivity (Wildman–Crippen MR) is 56.6 cm³/mol. The van der Waals surface area contributed by atoms with E-state index >= 15 is 0 Å². The minimum absolute atomic E-state index is 0.595. The lowest BCUT2D eigenvalue weighted by Gasteiger charge is -2.12. The van der Waals surface area contributed by atoms with Crippen LogP contribution in [0.15, 0.2) is 17.3 Å². The van der Waals surface area contributed by atoms with Crippen LogP contribution in [0.1, 0.15) is 46.5 Å². The summed E-state index contributed by atoms with van der Waals surface area (Å²) in [5, 5.41) is 0. The topological polar surface area (TPSA) is 12.4 Å². The molecule has 1 unspecified atom stereocenters. The largest absolute Gasteiger partial charge is 0.266 e. The van der Waals surface area contributed by atoms with E-state index in [1.807, 2.05) is 6.21 Å². The van der Waals surface area contributed by atoms with Crippen LogP contribution in [0.5, 0.6) is 0 Å². The van der Waals surface area contributed by atoms with Crippen molar-refractivity contribution in [3.8, 4) is 0 Å². The molecule has 70 valence electrons. The fourth-order valence-corrected chi connectivity index (χ4v) is 1.27. The Morgan fingerprint density at radius 2 is 2.08 bits per heavy atom. The van der Waals surface area contributed by atoms with Gasteiger partial charge in [-0.15, -0.1) is 0 Å². The van der Waals surface area contributed by atoms with Crippen LogP contribution in [0, 0.1) is 5.92 Å². The Morgan fingerprint density at radius 1 is 1.42 bits per heavy atom. The van der Waals surface area contributed by atoms with Crippen LogP contribution in [-0.2, 0) is 0 Å². The Morgan fingerprint density at radius 3 is 2.50 bits per heavy atom. The van der Waals surface area contributed by atoms with Crippen molar-refractivity contribution in [1.82, 2.24) is 0 Å². The van der Waals surface area contributed by atoms with Crippen molar-refractivity contribution < 1.29 is 0 Å². The number of allylic oxidation sites excluding steroid dienone is 1. The second-order valence-corrected chi connectivity index (χ2v) is 3.11. The molecule has 0 aliphatic heterocycles. The normalized spacial score (nSPS) is 13.6. The highest BCUT2D eigenvalue weighted by atomic mass is 14.7. The van der Waals surface area contributed by atoms with Crippen LogP contribution < -0.4 is 0 Å². The van der Waals surface area contributed by atoms with Gasteiger partial charge in [-0.25, -0.2) is 0 Å². The first kappa shape index (κ1) is 11.4. The van der Waals surface area contributed by atoms with Crippen molar-refractivity contribution in [2.45, 2.75) is 46.5 Å². The molecule has 1 atom stereocenters. The maximum absolute atomic E-state index is 4.31. The molecule has 0 bridgehead atoms. The Kier molecular flexibility index (Phi) is 6.73. The molecule has 0 rings (SSSR count). The van der Waals surface area contributed by atoms with E-state index in [2.05, 4.69) is 32.3 Å². The number of nitrogens with zero attached hydrogens (tertiary/aromatic N) is 1. The molecule has 0 saturated heterocycles. The van der Waals surface area contributed by atoms with Gasteiger partial charge in [0.15, 0.2) is 0 Å². The Balaban J connectivity index is 3.93. The van der Waals surface area contributed by atoms with E-state index in [1.165, 1.54) is 12.8 Å². The van der Waals surface area contributed by atoms with E-state index in [0.29, 0.717) is 5.92 Å². The molecule has 0 aromatic rings. The molecule has 0 spiro atoms. The number of rotatable bonds is 6. The highest BCUT2D eigenvalue weighted by molar-refractivity contribution is 5.58. The third kappa shape index (κ3) is 4.32. The average molecular weight is 167 g/mol. The molecule has 0 N–H and O–H groups in total. The van der Waals surface area contributed by atoms with Gasteiger partial charge in [0.2, 0.25) is 0 Å². The van der Waals surface area contributed by atoms with Gasteiger partial charge in [0, 0.05) is 17.8 Å². The number of hydrogen-bond donors (Lipinski definition) is 0. The molecule has 0 fully saturated rings. The molecule has 0 heterocycles. The zero-order valence-electron chi connectivity index (χ0n) is 8.64. The van der Waals surface area contributed by atoms with E-state index in [9.17, 15) is 0 Å². The lowest BCUT2D eigenvalue weighted by molar-refractivity contribution is 0.532. The molecule has 0 radical (unpaired) electrons. The molecular weight excluding hydrogens is 146 g/mol. The van der Waals surface area contributed by atoms with Crippen LogP contribution in [-0.4, -0.2) is 6.21 Å². The molecule has 0 amide bonds. The van der Waals surface area contributed by atoms with Crippen molar-refractivity contribution in [3.63, 3.8) is 0 Å². The quantitative estimate of drug-likeness (QED) is 0.533. The van der Waals surface area contributed by atoms with Gasteiger partial charge in [-0.3, -0.25) is 4.99 Å². The molecule has 0 aliphatic rings. The third-order valence-electron chi connectivity index (χ3n) is 2.04. The van der Waals surface area contributed by atoms with Gasteiger partial charge in [-0.2, -0.15) is 0 Å². The summed E-state index contributed by atoms with van der Waals surface area (Å²) in [7, 11) is 0. The Hall–Kier alpha value is -0.590. The van der Waals surface area contributed by atoms with Crippen molar-refractivity contribution in [3.05, 3.63) is 12.3 Å². The zero-order valence-corrected chi connectivity index (χ0v) is 8.64. The molecule has 1 nitrogen and oxygen atoms in total. The summed E-state index contributed by atoms with van der Waals surface area (Å²) in [4.78, 5) is 4.31. The van der Waals surface area contributed by atoms with Crippen molar-refractivity contribution in [1.29, 1.82) is 0 Å². The summed E-state index contributed by atoms with van der Waals surface area (Å²) in [5.41, 5.74) is 1.06. The smallest absolute Gasteiger partial charge is 0.0358 e. The van der Waals surface area contributed by atoms with E-state index in [-0.39, 0.29) is 0 Å². The second-order valence-electron chi connectivity index (χ2n) is 3.11. The van der Waals surface area contributed by atoms with Crippen LogP contribution in [0.25, 0.3) is 0 Å². The Bertz CT molecular complexity index is 147. The lowest BCUT2D eigenvalue weighted by Crippen LogP contribution is -1.99. The van der Waals surface area contributed by atoms with Gasteiger partial charge in [-0.05, 0) is 19.3 Å². The summed E-state index contributed by atoms with van der Waals surface area (Å²) in [6, 6.07) is 0.